The first-order valence-electron chi connectivity index (χ1n) is 8.86. The average molecular weight is 339 g/mol. The highest BCUT2D eigenvalue weighted by atomic mass is 19.1. The third kappa shape index (κ3) is 3.39. The summed E-state index contributed by atoms with van der Waals surface area (Å²) in [4.78, 5) is 12.7. The van der Waals surface area contributed by atoms with Gasteiger partial charge in [-0.15, -0.1) is 0 Å². The van der Waals surface area contributed by atoms with Gasteiger partial charge in [-0.25, -0.2) is 4.39 Å². The Labute approximate surface area is 147 Å². The van der Waals surface area contributed by atoms with Crippen LogP contribution in [0.3, 0.4) is 0 Å². The van der Waals surface area contributed by atoms with Crippen LogP contribution in [-0.2, 0) is 4.79 Å². The summed E-state index contributed by atoms with van der Waals surface area (Å²) in [5.74, 6) is 1.04. The van der Waals surface area contributed by atoms with Gasteiger partial charge in [-0.3, -0.25) is 4.79 Å². The van der Waals surface area contributed by atoms with Gasteiger partial charge in [0.25, 0.3) is 0 Å². The number of carbonyl (C=O) groups excluding carboxylic acids is 1. The maximum absolute atomic E-state index is 13.9. The van der Waals surface area contributed by atoms with Gasteiger partial charge in [0.2, 0.25) is 5.91 Å². The molecule has 4 heteroatoms. The summed E-state index contributed by atoms with van der Waals surface area (Å²) in [6, 6.07) is 14.7. The first kappa shape index (κ1) is 16.1. The fourth-order valence-electron chi connectivity index (χ4n) is 3.58. The summed E-state index contributed by atoms with van der Waals surface area (Å²) < 4.78 is 19.1. The Kier molecular flexibility index (Phi) is 4.20. The summed E-state index contributed by atoms with van der Waals surface area (Å²) in [5, 5.41) is 3.21. The summed E-state index contributed by atoms with van der Waals surface area (Å²) in [7, 11) is 1.64. The van der Waals surface area contributed by atoms with Crippen molar-refractivity contribution in [3.8, 4) is 5.75 Å². The molecule has 0 aromatic heterocycles. The second kappa shape index (κ2) is 6.51. The highest BCUT2D eigenvalue weighted by Crippen LogP contribution is 2.49. The van der Waals surface area contributed by atoms with Crippen molar-refractivity contribution in [3.05, 3.63) is 65.5 Å². The van der Waals surface area contributed by atoms with Crippen molar-refractivity contribution in [3.63, 3.8) is 0 Å². The van der Waals surface area contributed by atoms with Crippen LogP contribution in [0.5, 0.6) is 5.75 Å². The third-order valence-corrected chi connectivity index (χ3v) is 5.30. The molecule has 0 aliphatic heterocycles. The van der Waals surface area contributed by atoms with Gasteiger partial charge in [-0.1, -0.05) is 30.3 Å². The topological polar surface area (TPSA) is 38.3 Å². The number of hydrogen-bond donors (Lipinski definition) is 1. The van der Waals surface area contributed by atoms with Gasteiger partial charge in [-0.05, 0) is 60.4 Å². The zero-order valence-electron chi connectivity index (χ0n) is 14.2. The van der Waals surface area contributed by atoms with Crippen molar-refractivity contribution in [2.24, 2.45) is 11.8 Å². The summed E-state index contributed by atoms with van der Waals surface area (Å²) in [6.45, 7) is 0. The zero-order chi connectivity index (χ0) is 17.4. The van der Waals surface area contributed by atoms with Crippen LogP contribution in [0.15, 0.2) is 48.5 Å². The van der Waals surface area contributed by atoms with Crippen LogP contribution in [0.1, 0.15) is 42.3 Å². The molecule has 0 heterocycles. The third-order valence-electron chi connectivity index (χ3n) is 5.30. The van der Waals surface area contributed by atoms with E-state index in [2.05, 4.69) is 5.32 Å². The molecule has 4 rings (SSSR count). The predicted molar refractivity (Wildman–Crippen MR) is 93.8 cm³/mol. The van der Waals surface area contributed by atoms with Gasteiger partial charge in [0.1, 0.15) is 11.6 Å². The summed E-state index contributed by atoms with van der Waals surface area (Å²) in [6.07, 6.45) is 3.00. The van der Waals surface area contributed by atoms with Crippen LogP contribution < -0.4 is 10.1 Å². The number of hydrogen-bond acceptors (Lipinski definition) is 2. The molecule has 2 aromatic carbocycles. The number of methoxy groups -OCH3 is 1. The maximum atomic E-state index is 13.9. The molecule has 0 saturated heterocycles. The second-order valence-electron chi connectivity index (χ2n) is 7.07. The molecule has 2 fully saturated rings. The molecule has 3 unspecified atom stereocenters. The lowest BCUT2D eigenvalue weighted by Crippen LogP contribution is -2.31. The van der Waals surface area contributed by atoms with E-state index in [9.17, 15) is 9.18 Å². The fraction of sp³-hybridized carbons (Fsp3) is 0.381. The molecule has 3 atom stereocenters. The van der Waals surface area contributed by atoms with Crippen molar-refractivity contribution < 1.29 is 13.9 Å². The minimum Gasteiger partial charge on any atom is -0.497 e. The molecule has 1 N–H and O–H groups in total. The van der Waals surface area contributed by atoms with Crippen LogP contribution in [0.4, 0.5) is 4.39 Å². The standard InChI is InChI=1S/C21H22FNO2/c1-25-15-10-8-14(9-11-15)20(13-6-7-13)23-21(24)18-12-17(18)16-4-2-3-5-19(16)22/h2-5,8-11,13,17-18,20H,6-7,12H2,1H3,(H,23,24). The predicted octanol–water partition coefficient (Wildman–Crippen LogP) is 4.21. The highest BCUT2D eigenvalue weighted by Gasteiger charge is 2.46. The average Bonchev–Trinajstić information content (AvgIpc) is 3.54. The van der Waals surface area contributed by atoms with E-state index in [1.807, 2.05) is 30.3 Å². The van der Waals surface area contributed by atoms with Crippen LogP contribution in [0, 0.1) is 17.7 Å². The molecule has 0 spiro atoms. The van der Waals surface area contributed by atoms with E-state index >= 15 is 0 Å². The molecule has 130 valence electrons. The van der Waals surface area contributed by atoms with Gasteiger partial charge in [0.05, 0.1) is 13.2 Å². The van der Waals surface area contributed by atoms with Gasteiger partial charge < -0.3 is 10.1 Å². The second-order valence-corrected chi connectivity index (χ2v) is 7.07. The number of amides is 1. The van der Waals surface area contributed by atoms with Crippen molar-refractivity contribution in [2.75, 3.05) is 7.11 Å². The normalized spacial score (nSPS) is 23.0. The van der Waals surface area contributed by atoms with E-state index < -0.39 is 0 Å². The molecule has 2 aliphatic rings. The van der Waals surface area contributed by atoms with E-state index in [1.165, 1.54) is 6.07 Å². The Balaban J connectivity index is 1.44. The van der Waals surface area contributed by atoms with E-state index in [1.54, 1.807) is 19.2 Å². The molecular formula is C21H22FNO2. The summed E-state index contributed by atoms with van der Waals surface area (Å²) >= 11 is 0. The first-order valence-corrected chi connectivity index (χ1v) is 8.86. The minimum atomic E-state index is -0.211. The van der Waals surface area contributed by atoms with Crippen LogP contribution in [0.2, 0.25) is 0 Å². The van der Waals surface area contributed by atoms with Crippen molar-refractivity contribution in [1.29, 1.82) is 0 Å². The summed E-state index contributed by atoms with van der Waals surface area (Å²) in [5.41, 5.74) is 1.77. The number of nitrogens with one attached hydrogen (secondary N) is 1. The highest BCUT2D eigenvalue weighted by molar-refractivity contribution is 5.83. The lowest BCUT2D eigenvalue weighted by atomic mass is 10.0. The largest absolute Gasteiger partial charge is 0.497 e. The number of ether oxygens (including phenoxy) is 1. The lowest BCUT2D eigenvalue weighted by Gasteiger charge is -2.19. The number of halogens is 1. The smallest absolute Gasteiger partial charge is 0.224 e. The SMILES string of the molecule is COc1ccc(C(NC(=O)C2CC2c2ccccc2F)C2CC2)cc1. The van der Waals surface area contributed by atoms with Gasteiger partial charge in [-0.2, -0.15) is 0 Å². The van der Waals surface area contributed by atoms with E-state index in [-0.39, 0.29) is 29.6 Å². The molecular weight excluding hydrogens is 317 g/mol. The van der Waals surface area contributed by atoms with Crippen LogP contribution in [-0.4, -0.2) is 13.0 Å². The van der Waals surface area contributed by atoms with E-state index in [0.29, 0.717) is 11.5 Å². The van der Waals surface area contributed by atoms with Gasteiger partial charge in [0, 0.05) is 5.92 Å². The van der Waals surface area contributed by atoms with Crippen molar-refractivity contribution in [2.45, 2.75) is 31.2 Å². The molecule has 2 aliphatic carbocycles. The molecule has 2 saturated carbocycles. The fourth-order valence-corrected chi connectivity index (χ4v) is 3.58. The minimum absolute atomic E-state index is 0.0110. The molecule has 25 heavy (non-hydrogen) atoms. The molecule has 0 bridgehead atoms. The maximum Gasteiger partial charge on any atom is 0.224 e. The number of rotatable bonds is 6. The Bertz CT molecular complexity index is 770. The first-order chi connectivity index (χ1) is 12.2. The molecule has 0 radical (unpaired) electrons. The Morgan fingerprint density at radius 2 is 1.88 bits per heavy atom. The monoisotopic (exact) mass is 339 g/mol. The van der Waals surface area contributed by atoms with Crippen molar-refractivity contribution >= 4 is 5.91 Å². The van der Waals surface area contributed by atoms with Gasteiger partial charge in [0.15, 0.2) is 0 Å². The Hall–Kier alpha value is -2.36. The zero-order valence-corrected chi connectivity index (χ0v) is 14.2. The molecule has 2 aromatic rings. The number of benzene rings is 2. The lowest BCUT2D eigenvalue weighted by molar-refractivity contribution is -0.123. The molecule has 3 nitrogen and oxygen atoms in total. The number of carbonyl (C=O) groups is 1. The van der Waals surface area contributed by atoms with E-state index in [4.69, 9.17) is 4.74 Å². The van der Waals surface area contributed by atoms with Crippen LogP contribution in [0.25, 0.3) is 0 Å². The van der Waals surface area contributed by atoms with E-state index in [0.717, 1.165) is 30.6 Å². The Morgan fingerprint density at radius 1 is 1.16 bits per heavy atom. The van der Waals surface area contributed by atoms with Crippen molar-refractivity contribution in [1.82, 2.24) is 5.32 Å². The van der Waals surface area contributed by atoms with Crippen LogP contribution >= 0.6 is 0 Å². The molecule has 1 amide bonds. The quantitative estimate of drug-likeness (QED) is 0.856. The Morgan fingerprint density at radius 3 is 2.52 bits per heavy atom. The van der Waals surface area contributed by atoms with Gasteiger partial charge >= 0.3 is 0 Å².